The van der Waals surface area contributed by atoms with Crippen molar-refractivity contribution < 1.29 is 9.36 Å². The molecule has 2 aromatic carbocycles. The molecule has 3 heteroatoms. The topological polar surface area (TPSA) is 34.1 Å². The van der Waals surface area contributed by atoms with Crippen molar-refractivity contribution in [2.24, 2.45) is 0 Å². The first kappa shape index (κ1) is 19.5. The van der Waals surface area contributed by atoms with Crippen molar-refractivity contribution in [2.75, 3.05) is 0 Å². The van der Waals surface area contributed by atoms with Crippen LogP contribution in [0, 0.1) is 0 Å². The van der Waals surface area contributed by atoms with E-state index >= 15 is 0 Å². The molecule has 133 valence electrons. The van der Waals surface area contributed by atoms with Gasteiger partial charge in [0.2, 0.25) is 5.52 Å². The summed E-state index contributed by atoms with van der Waals surface area (Å²) < 4.78 is 12.9. The predicted molar refractivity (Wildman–Crippen MR) is 107 cm³/mol. The minimum absolute atomic E-state index is 0.203. The molecule has 0 heterocycles. The normalized spacial score (nSPS) is 12.1. The maximum Gasteiger partial charge on any atom is 0.247 e. The lowest BCUT2D eigenvalue weighted by Gasteiger charge is -2.21. The zero-order valence-corrected chi connectivity index (χ0v) is 16.9. The number of benzene rings is 2. The fraction of sp³-hybridized carbons (Fsp3) is 0.409. The van der Waals surface area contributed by atoms with Crippen molar-refractivity contribution in [3.63, 3.8) is 0 Å². The smallest absolute Gasteiger partial charge is 0.247 e. The number of carbonyl (C=O) groups is 1. The first-order valence-electron chi connectivity index (χ1n) is 8.98. The fourth-order valence-electron chi connectivity index (χ4n) is 2.98. The van der Waals surface area contributed by atoms with Gasteiger partial charge in [0, 0.05) is 10.9 Å². The van der Waals surface area contributed by atoms with Gasteiger partial charge in [-0.1, -0.05) is 71.9 Å². The second kappa shape index (κ2) is 8.06. The molecule has 1 atom stereocenters. The summed E-state index contributed by atoms with van der Waals surface area (Å²) in [5, 5.41) is 0.597. The summed E-state index contributed by atoms with van der Waals surface area (Å²) in [5.74, 6) is 0.797. The third-order valence-electron chi connectivity index (χ3n) is 4.52. The molecule has 0 amide bonds. The lowest BCUT2D eigenvalue weighted by molar-refractivity contribution is 0.107. The highest BCUT2D eigenvalue weighted by molar-refractivity contribution is 7.71. The van der Waals surface area contributed by atoms with Crippen molar-refractivity contribution in [1.82, 2.24) is 0 Å². The van der Waals surface area contributed by atoms with Gasteiger partial charge in [-0.05, 0) is 46.6 Å². The molecule has 0 bridgehead atoms. The molecule has 0 aromatic heterocycles. The molecule has 1 radical (unpaired) electrons. The quantitative estimate of drug-likeness (QED) is 0.566. The van der Waals surface area contributed by atoms with Crippen LogP contribution in [0.4, 0.5) is 0 Å². The fourth-order valence-corrected chi connectivity index (χ4v) is 4.12. The van der Waals surface area contributed by atoms with Gasteiger partial charge >= 0.3 is 0 Å². The lowest BCUT2D eigenvalue weighted by Crippen LogP contribution is -2.12. The summed E-state index contributed by atoms with van der Waals surface area (Å²) in [6.07, 6.45) is 0. The summed E-state index contributed by atoms with van der Waals surface area (Å²) in [6.45, 7) is 12.7. The average Bonchev–Trinajstić information content (AvgIpc) is 2.59. The summed E-state index contributed by atoms with van der Waals surface area (Å²) in [5.41, 5.74) is 3.68. The van der Waals surface area contributed by atoms with Crippen LogP contribution in [0.5, 0.6) is 0 Å². The Hall–Kier alpha value is -1.79. The molecular formula is C22H28O2P. The zero-order chi connectivity index (χ0) is 18.7. The molecule has 0 saturated heterocycles. The van der Waals surface area contributed by atoms with Crippen LogP contribution in [0.2, 0.25) is 0 Å². The van der Waals surface area contributed by atoms with Crippen LogP contribution in [-0.2, 0) is 4.57 Å². The molecule has 0 aliphatic heterocycles. The van der Waals surface area contributed by atoms with Crippen LogP contribution >= 0.6 is 7.80 Å². The van der Waals surface area contributed by atoms with Crippen LogP contribution in [0.25, 0.3) is 0 Å². The second-order valence-corrected chi connectivity index (χ2v) is 8.98. The number of hydrogen-bond acceptors (Lipinski definition) is 2. The van der Waals surface area contributed by atoms with Gasteiger partial charge in [0.15, 0.2) is 7.80 Å². The van der Waals surface area contributed by atoms with Gasteiger partial charge in [-0.2, -0.15) is 0 Å². The van der Waals surface area contributed by atoms with E-state index in [-0.39, 0.29) is 17.4 Å². The Kier molecular flexibility index (Phi) is 6.30. The van der Waals surface area contributed by atoms with Crippen LogP contribution < -0.4 is 5.30 Å². The Labute approximate surface area is 152 Å². The van der Waals surface area contributed by atoms with E-state index in [0.717, 1.165) is 11.1 Å². The largest absolute Gasteiger partial charge is 0.281 e. The molecule has 0 saturated carbocycles. The first-order chi connectivity index (χ1) is 11.7. The molecule has 25 heavy (non-hydrogen) atoms. The van der Waals surface area contributed by atoms with E-state index in [2.05, 4.69) is 53.7 Å². The third kappa shape index (κ3) is 4.25. The SMILES string of the molecule is CC(C)c1cc(C(C)C)c(C(=O)[P](=O)c2ccccc2)c(C(C)C)c1. The van der Waals surface area contributed by atoms with E-state index in [1.807, 2.05) is 18.2 Å². The molecule has 1 unspecified atom stereocenters. The minimum atomic E-state index is -2.11. The zero-order valence-electron chi connectivity index (χ0n) is 16.0. The van der Waals surface area contributed by atoms with Crippen molar-refractivity contribution in [2.45, 2.75) is 59.3 Å². The van der Waals surface area contributed by atoms with E-state index in [9.17, 15) is 9.36 Å². The molecular weight excluding hydrogens is 327 g/mol. The highest BCUT2D eigenvalue weighted by Gasteiger charge is 2.26. The summed E-state index contributed by atoms with van der Waals surface area (Å²) in [7, 11) is -2.11. The molecule has 2 rings (SSSR count). The van der Waals surface area contributed by atoms with Gasteiger partial charge < -0.3 is 0 Å². The maximum atomic E-state index is 13.2. The standard InChI is InChI=1S/C22H28O2P/c1-14(2)17-12-19(15(3)4)21(20(13-17)16(5)6)22(23)25(24)18-10-8-7-9-11-18/h7-16H,1-6H3. The van der Waals surface area contributed by atoms with Crippen molar-refractivity contribution in [1.29, 1.82) is 0 Å². The minimum Gasteiger partial charge on any atom is -0.281 e. The highest BCUT2D eigenvalue weighted by Crippen LogP contribution is 2.37. The number of carbonyl (C=O) groups excluding carboxylic acids is 1. The van der Waals surface area contributed by atoms with Gasteiger partial charge in [-0.25, -0.2) is 0 Å². The Morgan fingerprint density at radius 1 is 0.800 bits per heavy atom. The number of hydrogen-bond donors (Lipinski definition) is 0. The first-order valence-corrected chi connectivity index (χ1v) is 10.2. The monoisotopic (exact) mass is 355 g/mol. The van der Waals surface area contributed by atoms with Crippen LogP contribution in [-0.4, -0.2) is 5.52 Å². The molecule has 0 fully saturated rings. The van der Waals surface area contributed by atoms with Crippen molar-refractivity contribution in [3.05, 3.63) is 64.7 Å². The van der Waals surface area contributed by atoms with Gasteiger partial charge in [0.1, 0.15) is 0 Å². The number of rotatable bonds is 6. The summed E-state index contributed by atoms with van der Waals surface area (Å²) >= 11 is 0. The van der Waals surface area contributed by atoms with E-state index in [1.54, 1.807) is 12.1 Å². The van der Waals surface area contributed by atoms with Crippen LogP contribution in [0.3, 0.4) is 0 Å². The van der Waals surface area contributed by atoms with Gasteiger partial charge in [0.05, 0.1) is 0 Å². The second-order valence-electron chi connectivity index (χ2n) is 7.47. The lowest BCUT2D eigenvalue weighted by atomic mass is 9.85. The highest BCUT2D eigenvalue weighted by atomic mass is 31.1. The summed E-state index contributed by atoms with van der Waals surface area (Å²) in [6, 6.07) is 13.3. The average molecular weight is 355 g/mol. The van der Waals surface area contributed by atoms with Gasteiger partial charge in [0.25, 0.3) is 0 Å². The van der Waals surface area contributed by atoms with Crippen molar-refractivity contribution in [3.8, 4) is 0 Å². The van der Waals surface area contributed by atoms with Crippen molar-refractivity contribution >= 4 is 18.6 Å². The van der Waals surface area contributed by atoms with E-state index in [4.69, 9.17) is 0 Å². The molecule has 0 aliphatic carbocycles. The summed E-state index contributed by atoms with van der Waals surface area (Å²) in [4.78, 5) is 13.2. The maximum absolute atomic E-state index is 13.2. The van der Waals surface area contributed by atoms with E-state index in [0.29, 0.717) is 16.8 Å². The van der Waals surface area contributed by atoms with E-state index < -0.39 is 7.80 Å². The molecule has 2 nitrogen and oxygen atoms in total. The van der Waals surface area contributed by atoms with Gasteiger partial charge in [-0.15, -0.1) is 0 Å². The Morgan fingerprint density at radius 3 is 1.68 bits per heavy atom. The molecule has 2 aromatic rings. The Bertz CT molecular complexity index is 745. The molecule has 0 aliphatic rings. The third-order valence-corrected chi connectivity index (χ3v) is 5.88. The molecule has 0 N–H and O–H groups in total. The van der Waals surface area contributed by atoms with Gasteiger partial charge in [-0.3, -0.25) is 9.36 Å². The van der Waals surface area contributed by atoms with E-state index in [1.165, 1.54) is 5.56 Å². The Morgan fingerprint density at radius 2 is 1.28 bits per heavy atom. The van der Waals surface area contributed by atoms with Crippen LogP contribution in [0.1, 0.15) is 86.3 Å². The predicted octanol–water partition coefficient (Wildman–Crippen LogP) is 6.35. The van der Waals surface area contributed by atoms with Crippen LogP contribution in [0.15, 0.2) is 42.5 Å². The Balaban J connectivity index is 2.66. The molecule has 0 spiro atoms.